The van der Waals surface area contributed by atoms with Crippen LogP contribution in [0.3, 0.4) is 0 Å². The second-order valence-electron chi connectivity index (χ2n) is 3.93. The molecule has 1 rings (SSSR count). The monoisotopic (exact) mass is 313 g/mol. The van der Waals surface area contributed by atoms with Gasteiger partial charge in [-0.05, 0) is 12.1 Å². The van der Waals surface area contributed by atoms with Gasteiger partial charge >= 0.3 is 5.97 Å². The van der Waals surface area contributed by atoms with Gasteiger partial charge in [-0.2, -0.15) is 0 Å². The zero-order valence-electron chi connectivity index (χ0n) is 11.2. The van der Waals surface area contributed by atoms with Crippen LogP contribution < -0.4 is 5.32 Å². The van der Waals surface area contributed by atoms with Crippen LogP contribution in [0.2, 0.25) is 0 Å². The van der Waals surface area contributed by atoms with Gasteiger partial charge in [-0.25, -0.2) is 13.2 Å². The Hall–Kier alpha value is -2.19. The normalized spacial score (nSPS) is 12.9. The molecule has 1 unspecified atom stereocenters. The van der Waals surface area contributed by atoms with Crippen molar-refractivity contribution in [2.45, 2.75) is 10.9 Å². The van der Waals surface area contributed by atoms with E-state index in [1.807, 2.05) is 0 Å². The van der Waals surface area contributed by atoms with Crippen LogP contribution in [0.1, 0.15) is 0 Å². The number of esters is 1. The van der Waals surface area contributed by atoms with Crippen LogP contribution in [-0.4, -0.2) is 45.2 Å². The Morgan fingerprint density at radius 2 is 1.95 bits per heavy atom. The van der Waals surface area contributed by atoms with Crippen molar-refractivity contribution in [1.82, 2.24) is 5.32 Å². The standard InChI is InChI=1S/C13H15NO6S/c1-20-13(17)11(9-15)14-12(16)7-8-21(18,19)10-5-3-2-4-6-10/h2-8,11,15H,9H2,1H3,(H,14,16)/b8-7+. The van der Waals surface area contributed by atoms with E-state index in [2.05, 4.69) is 10.1 Å². The third-order valence-electron chi connectivity index (χ3n) is 2.46. The number of carbonyl (C=O) groups is 2. The number of hydrogen-bond acceptors (Lipinski definition) is 6. The van der Waals surface area contributed by atoms with Crippen LogP contribution in [0.15, 0.2) is 46.7 Å². The lowest BCUT2D eigenvalue weighted by Crippen LogP contribution is -2.43. The van der Waals surface area contributed by atoms with E-state index in [1.54, 1.807) is 18.2 Å². The summed E-state index contributed by atoms with van der Waals surface area (Å²) in [5, 5.41) is 11.8. The van der Waals surface area contributed by atoms with E-state index in [4.69, 9.17) is 5.11 Å². The van der Waals surface area contributed by atoms with E-state index < -0.39 is 34.4 Å². The van der Waals surface area contributed by atoms with E-state index in [0.717, 1.165) is 18.6 Å². The second kappa shape index (κ2) is 7.55. The first kappa shape index (κ1) is 16.9. The van der Waals surface area contributed by atoms with Crippen molar-refractivity contribution in [3.05, 3.63) is 41.8 Å². The van der Waals surface area contributed by atoms with E-state index in [9.17, 15) is 18.0 Å². The average Bonchev–Trinajstić information content (AvgIpc) is 2.50. The smallest absolute Gasteiger partial charge is 0.330 e. The zero-order chi connectivity index (χ0) is 15.9. The second-order valence-corrected chi connectivity index (χ2v) is 5.76. The fourth-order valence-electron chi connectivity index (χ4n) is 1.38. The van der Waals surface area contributed by atoms with Gasteiger partial charge in [0.1, 0.15) is 0 Å². The van der Waals surface area contributed by atoms with E-state index in [1.165, 1.54) is 12.1 Å². The Bertz CT molecular complexity index is 623. The summed E-state index contributed by atoms with van der Waals surface area (Å²) in [6.07, 6.45) is 0.772. The Morgan fingerprint density at radius 1 is 1.33 bits per heavy atom. The number of aliphatic hydroxyl groups excluding tert-OH is 1. The largest absolute Gasteiger partial charge is 0.467 e. The highest BCUT2D eigenvalue weighted by atomic mass is 32.2. The number of aliphatic hydroxyl groups is 1. The van der Waals surface area contributed by atoms with Gasteiger partial charge in [0.05, 0.1) is 18.6 Å². The first-order chi connectivity index (χ1) is 9.90. The van der Waals surface area contributed by atoms with E-state index in [0.29, 0.717) is 0 Å². The fraction of sp³-hybridized carbons (Fsp3) is 0.231. The molecule has 114 valence electrons. The molecule has 0 aliphatic carbocycles. The molecule has 0 bridgehead atoms. The van der Waals surface area contributed by atoms with Crippen molar-refractivity contribution in [3.63, 3.8) is 0 Å². The molecule has 0 fully saturated rings. The minimum atomic E-state index is -3.74. The van der Waals surface area contributed by atoms with Crippen molar-refractivity contribution in [3.8, 4) is 0 Å². The summed E-state index contributed by atoms with van der Waals surface area (Å²) in [5.74, 6) is -1.66. The summed E-state index contributed by atoms with van der Waals surface area (Å²) >= 11 is 0. The summed E-state index contributed by atoms with van der Waals surface area (Å²) in [7, 11) is -2.64. The first-order valence-corrected chi connectivity index (χ1v) is 7.42. The Morgan fingerprint density at radius 3 is 2.48 bits per heavy atom. The number of amides is 1. The maximum Gasteiger partial charge on any atom is 0.330 e. The number of ether oxygens (including phenoxy) is 1. The molecule has 1 atom stereocenters. The molecule has 0 saturated heterocycles. The third-order valence-corrected chi connectivity index (χ3v) is 3.88. The molecule has 8 heteroatoms. The van der Waals surface area contributed by atoms with Gasteiger partial charge in [0.15, 0.2) is 15.9 Å². The predicted octanol–water partition coefficient (Wildman–Crippen LogP) is -0.376. The highest BCUT2D eigenvalue weighted by Crippen LogP contribution is 2.10. The molecule has 7 nitrogen and oxygen atoms in total. The number of methoxy groups -OCH3 is 1. The molecular weight excluding hydrogens is 298 g/mol. The lowest BCUT2D eigenvalue weighted by Gasteiger charge is -2.11. The topological polar surface area (TPSA) is 110 Å². The zero-order valence-corrected chi connectivity index (χ0v) is 12.0. The maximum absolute atomic E-state index is 11.9. The third kappa shape index (κ3) is 5.01. The van der Waals surface area contributed by atoms with Crippen molar-refractivity contribution in [1.29, 1.82) is 0 Å². The number of benzene rings is 1. The van der Waals surface area contributed by atoms with Gasteiger partial charge in [-0.1, -0.05) is 18.2 Å². The molecule has 1 aromatic carbocycles. The van der Waals surface area contributed by atoms with Crippen LogP contribution in [0.4, 0.5) is 0 Å². The Labute approximate surface area is 122 Å². The number of sulfone groups is 1. The number of rotatable bonds is 6. The van der Waals surface area contributed by atoms with Gasteiger partial charge in [-0.15, -0.1) is 0 Å². The van der Waals surface area contributed by atoms with Gasteiger partial charge in [0.25, 0.3) is 0 Å². The molecule has 1 amide bonds. The summed E-state index contributed by atoms with van der Waals surface area (Å²) < 4.78 is 28.1. The van der Waals surface area contributed by atoms with Crippen LogP contribution in [0.5, 0.6) is 0 Å². The quantitative estimate of drug-likeness (QED) is 0.547. The summed E-state index contributed by atoms with van der Waals surface area (Å²) in [6.45, 7) is -0.655. The maximum atomic E-state index is 11.9. The van der Waals surface area contributed by atoms with Crippen LogP contribution in [0, 0.1) is 0 Å². The fourth-order valence-corrected chi connectivity index (χ4v) is 2.38. The van der Waals surface area contributed by atoms with Crippen molar-refractivity contribution in [2.75, 3.05) is 13.7 Å². The number of nitrogens with one attached hydrogen (secondary N) is 1. The van der Waals surface area contributed by atoms with E-state index in [-0.39, 0.29) is 4.90 Å². The highest BCUT2D eigenvalue weighted by Gasteiger charge is 2.19. The molecule has 0 spiro atoms. The molecule has 0 aliphatic heterocycles. The predicted molar refractivity (Wildman–Crippen MR) is 73.8 cm³/mol. The summed E-state index contributed by atoms with van der Waals surface area (Å²) in [5.41, 5.74) is 0. The molecule has 0 aromatic heterocycles. The molecule has 0 saturated carbocycles. The number of hydrogen-bond donors (Lipinski definition) is 2. The average molecular weight is 313 g/mol. The Balaban J connectivity index is 2.76. The molecule has 0 aliphatic rings. The van der Waals surface area contributed by atoms with Crippen molar-refractivity contribution in [2.24, 2.45) is 0 Å². The van der Waals surface area contributed by atoms with Gasteiger partial charge in [0, 0.05) is 11.5 Å². The molecule has 0 heterocycles. The lowest BCUT2D eigenvalue weighted by atomic mass is 10.3. The van der Waals surface area contributed by atoms with Crippen LogP contribution in [0.25, 0.3) is 0 Å². The molecule has 2 N–H and O–H groups in total. The van der Waals surface area contributed by atoms with Crippen molar-refractivity contribution < 1.29 is 27.9 Å². The number of carbonyl (C=O) groups excluding carboxylic acids is 2. The van der Waals surface area contributed by atoms with E-state index >= 15 is 0 Å². The van der Waals surface area contributed by atoms with Gasteiger partial charge in [-0.3, -0.25) is 4.79 Å². The highest BCUT2D eigenvalue weighted by molar-refractivity contribution is 7.94. The van der Waals surface area contributed by atoms with Crippen molar-refractivity contribution >= 4 is 21.7 Å². The molecule has 0 radical (unpaired) electrons. The van der Waals surface area contributed by atoms with Gasteiger partial charge < -0.3 is 15.2 Å². The first-order valence-electron chi connectivity index (χ1n) is 5.88. The lowest BCUT2D eigenvalue weighted by molar-refractivity contribution is -0.145. The minimum absolute atomic E-state index is 0.0423. The summed E-state index contributed by atoms with van der Waals surface area (Å²) in [4.78, 5) is 22.7. The molecular formula is C13H15NO6S. The van der Waals surface area contributed by atoms with Crippen LogP contribution in [-0.2, 0) is 24.2 Å². The molecule has 21 heavy (non-hydrogen) atoms. The van der Waals surface area contributed by atoms with Crippen LogP contribution >= 0.6 is 0 Å². The molecule has 1 aromatic rings. The Kier molecular flexibility index (Phi) is 6.07. The minimum Gasteiger partial charge on any atom is -0.467 e. The SMILES string of the molecule is COC(=O)C(CO)NC(=O)/C=C/S(=O)(=O)c1ccccc1. The van der Waals surface area contributed by atoms with Gasteiger partial charge in [0.2, 0.25) is 5.91 Å². The summed E-state index contributed by atoms with van der Waals surface area (Å²) in [6, 6.07) is 6.31.